The number of fused-ring (bicyclic) bond motifs is 10. The Morgan fingerprint density at radius 2 is 0.556 bits per heavy atom. The highest BCUT2D eigenvalue weighted by Crippen LogP contribution is 2.49. The normalized spacial score (nSPS) is 12.2. The van der Waals surface area contributed by atoms with Crippen LogP contribution in [0.4, 0.5) is 34.1 Å². The van der Waals surface area contributed by atoms with E-state index in [1.807, 2.05) is 24.3 Å². The average Bonchev–Trinajstić information content (AvgIpc) is 1.35. The molecule has 17 aromatic rings. The molecule has 6 nitrogen and oxygen atoms in total. The molecule has 0 unspecified atom stereocenters. The highest BCUT2D eigenvalue weighted by molar-refractivity contribution is 7.00. The van der Waals surface area contributed by atoms with Crippen molar-refractivity contribution in [3.05, 3.63) is 357 Å². The molecule has 458 valence electrons. The summed E-state index contributed by atoms with van der Waals surface area (Å²) in [6.45, 7) is -0.174. The molecule has 2 aromatic heterocycles. The number of benzene rings is 15. The van der Waals surface area contributed by atoms with E-state index in [4.69, 9.17) is 0 Å². The van der Waals surface area contributed by atoms with Gasteiger partial charge < -0.3 is 18.9 Å². The van der Waals surface area contributed by atoms with Crippen molar-refractivity contribution in [1.82, 2.24) is 9.13 Å². The third-order valence-corrected chi connectivity index (χ3v) is 20.4. The molecule has 0 saturated carbocycles. The van der Waals surface area contributed by atoms with Gasteiger partial charge in [0.25, 0.3) is 6.71 Å². The summed E-state index contributed by atoms with van der Waals surface area (Å²) >= 11 is 0. The number of anilines is 6. The Balaban J connectivity index is 0.859. The molecule has 19 rings (SSSR count). The van der Waals surface area contributed by atoms with Gasteiger partial charge in [0.15, 0.2) is 0 Å². The van der Waals surface area contributed by atoms with Gasteiger partial charge in [0.2, 0.25) is 0 Å². The number of hydrogen-bond donors (Lipinski definition) is 0. The number of aromatic nitrogens is 2. The van der Waals surface area contributed by atoms with E-state index in [2.05, 4.69) is 353 Å². The first-order chi connectivity index (χ1) is 49.0. The first-order valence-corrected chi connectivity index (χ1v) is 33.6. The lowest BCUT2D eigenvalue weighted by Gasteiger charge is -2.44. The minimum Gasteiger partial charge on any atom is -0.311 e. The molecule has 0 atom stereocenters. The lowest BCUT2D eigenvalue weighted by Crippen LogP contribution is -2.61. The number of para-hydroxylation sites is 3. The van der Waals surface area contributed by atoms with Gasteiger partial charge in [-0.25, -0.2) is 0 Å². The van der Waals surface area contributed by atoms with Crippen molar-refractivity contribution in [3.8, 4) is 90.3 Å². The van der Waals surface area contributed by atoms with E-state index in [0.717, 1.165) is 134 Å². The van der Waals surface area contributed by atoms with Crippen molar-refractivity contribution >= 4 is 101 Å². The van der Waals surface area contributed by atoms with Crippen LogP contribution in [0.1, 0.15) is 11.1 Å². The van der Waals surface area contributed by atoms with Gasteiger partial charge in [-0.15, -0.1) is 0 Å². The van der Waals surface area contributed by atoms with Gasteiger partial charge >= 0.3 is 0 Å². The van der Waals surface area contributed by atoms with E-state index < -0.39 is 0 Å². The zero-order valence-corrected chi connectivity index (χ0v) is 53.7. The predicted molar refractivity (Wildman–Crippen MR) is 411 cm³/mol. The fraction of sp³-hybridized carbons (Fsp3) is 0. The second kappa shape index (κ2) is 23.2. The Morgan fingerprint density at radius 3 is 0.970 bits per heavy atom. The summed E-state index contributed by atoms with van der Waals surface area (Å²) in [6.07, 6.45) is 0. The summed E-state index contributed by atoms with van der Waals surface area (Å²) in [5, 5.41) is 25.8. The van der Waals surface area contributed by atoms with E-state index >= 15 is 0 Å². The maximum absolute atomic E-state index is 10.7. The smallest absolute Gasteiger partial charge is 0.252 e. The Morgan fingerprint density at radius 1 is 0.232 bits per heavy atom. The van der Waals surface area contributed by atoms with Gasteiger partial charge in [-0.05, 0) is 187 Å². The summed E-state index contributed by atoms with van der Waals surface area (Å²) in [5.74, 6) is 0. The number of rotatable bonds is 10. The molecule has 0 bridgehead atoms. The third kappa shape index (κ3) is 9.33. The van der Waals surface area contributed by atoms with E-state index in [-0.39, 0.29) is 6.71 Å². The van der Waals surface area contributed by atoms with Crippen LogP contribution < -0.4 is 26.2 Å². The Labute approximate surface area is 574 Å². The molecule has 0 spiro atoms. The zero-order chi connectivity index (χ0) is 65.7. The van der Waals surface area contributed by atoms with Crippen LogP contribution in [0, 0.1) is 22.7 Å². The number of hydrogen-bond acceptors (Lipinski definition) is 4. The zero-order valence-electron chi connectivity index (χ0n) is 53.7. The number of nitriles is 2. The molecule has 0 aliphatic carbocycles. The average molecular weight is 1260 g/mol. The van der Waals surface area contributed by atoms with Crippen LogP contribution >= 0.6 is 0 Å². The van der Waals surface area contributed by atoms with Crippen LogP contribution in [-0.2, 0) is 0 Å². The van der Waals surface area contributed by atoms with Crippen molar-refractivity contribution in [2.45, 2.75) is 0 Å². The summed E-state index contributed by atoms with van der Waals surface area (Å²) in [6, 6.07) is 130. The molecule has 0 N–H and O–H groups in total. The summed E-state index contributed by atoms with van der Waals surface area (Å²) in [4.78, 5) is 5.04. The first-order valence-electron chi connectivity index (χ1n) is 33.6. The minimum atomic E-state index is -0.174. The van der Waals surface area contributed by atoms with Crippen molar-refractivity contribution < 1.29 is 0 Å². The molecule has 0 saturated heterocycles. The summed E-state index contributed by atoms with van der Waals surface area (Å²) < 4.78 is 4.66. The van der Waals surface area contributed by atoms with Gasteiger partial charge in [0.05, 0.1) is 56.7 Å². The maximum Gasteiger partial charge on any atom is 0.252 e. The largest absolute Gasteiger partial charge is 0.311 e. The van der Waals surface area contributed by atoms with Crippen LogP contribution in [0.2, 0.25) is 0 Å². The molecule has 2 aliphatic rings. The molecule has 7 heteroatoms. The second-order valence-electron chi connectivity index (χ2n) is 25.8. The standard InChI is InChI=1S/C92H57BN6/c94-58-60-33-46-85(98-82-30-16-13-27-74(82)75-28-14-17-31-83(75)98)77(51-60)78-52-61(59-95)34-47-86(78)99-84-32-18-15-29-76(84)79-53-68(39-48-87(79)99)71-56-90-92-91(57-71)97(73-44-37-67(38-45-73)63-21-7-2-8-22-63)89-50-41-70(65-25-11-4-12-26-65)55-81(89)93(92)80-54-69(64-23-9-3-10-24-64)40-49-88(80)96(90)72-42-35-66(36-43-72)62-19-5-1-6-20-62/h1-57H. The SMILES string of the molecule is N#Cc1ccc(-n2c3ccccc3c3ccccc32)c(-c2cc(C#N)ccc2-n2c3ccccc3c3cc(-c4cc5c6c(c4)N(c4ccc(-c7ccccc7)cc4)c4ccc(-c7ccccc7)cc4B6c4cc(-c6ccccc6)ccc4N5c4ccc(-c5ccccc5)cc4)ccc32)c1. The quantitative estimate of drug-likeness (QED) is 0.128. The molecule has 0 amide bonds. The van der Waals surface area contributed by atoms with Crippen LogP contribution in [0.15, 0.2) is 346 Å². The van der Waals surface area contributed by atoms with Gasteiger partial charge in [-0.1, -0.05) is 231 Å². The molecule has 2 aliphatic heterocycles. The molecule has 15 aromatic carbocycles. The monoisotopic (exact) mass is 1260 g/mol. The fourth-order valence-electron chi connectivity index (χ4n) is 15.8. The lowest BCUT2D eigenvalue weighted by atomic mass is 9.33. The Hall–Kier alpha value is -13.5. The Kier molecular flexibility index (Phi) is 13.4. The summed E-state index contributed by atoms with van der Waals surface area (Å²) in [5.41, 5.74) is 30.3. The lowest BCUT2D eigenvalue weighted by molar-refractivity contribution is 1.16. The first kappa shape index (κ1) is 57.0. The van der Waals surface area contributed by atoms with E-state index in [0.29, 0.717) is 11.1 Å². The van der Waals surface area contributed by atoms with Gasteiger partial charge in [0, 0.05) is 66.8 Å². The highest BCUT2D eigenvalue weighted by atomic mass is 15.2. The Bertz CT molecular complexity index is 5930. The van der Waals surface area contributed by atoms with E-state index in [1.54, 1.807) is 0 Å². The molecule has 4 heterocycles. The number of nitrogens with zero attached hydrogens (tertiary/aromatic N) is 6. The molecule has 0 fully saturated rings. The van der Waals surface area contributed by atoms with E-state index in [1.165, 1.54) is 38.6 Å². The minimum absolute atomic E-state index is 0.174. The predicted octanol–water partition coefficient (Wildman–Crippen LogP) is 21.7. The van der Waals surface area contributed by atoms with Gasteiger partial charge in [0.1, 0.15) is 0 Å². The van der Waals surface area contributed by atoms with Crippen molar-refractivity contribution in [2.75, 3.05) is 9.80 Å². The highest BCUT2D eigenvalue weighted by Gasteiger charge is 2.44. The molecule has 0 radical (unpaired) electrons. The van der Waals surface area contributed by atoms with Gasteiger partial charge in [-0.3, -0.25) is 0 Å². The maximum atomic E-state index is 10.7. The van der Waals surface area contributed by atoms with Crippen LogP contribution in [0.3, 0.4) is 0 Å². The molecular formula is C92H57BN6. The molecule has 99 heavy (non-hydrogen) atoms. The molecular weight excluding hydrogens is 1200 g/mol. The third-order valence-electron chi connectivity index (χ3n) is 20.4. The van der Waals surface area contributed by atoms with Crippen molar-refractivity contribution in [1.29, 1.82) is 10.5 Å². The van der Waals surface area contributed by atoms with Crippen LogP contribution in [0.5, 0.6) is 0 Å². The summed E-state index contributed by atoms with van der Waals surface area (Å²) in [7, 11) is 0. The second-order valence-corrected chi connectivity index (χ2v) is 25.8. The van der Waals surface area contributed by atoms with E-state index in [9.17, 15) is 10.5 Å². The van der Waals surface area contributed by atoms with Crippen LogP contribution in [0.25, 0.3) is 122 Å². The van der Waals surface area contributed by atoms with Crippen molar-refractivity contribution in [3.63, 3.8) is 0 Å². The fourth-order valence-corrected chi connectivity index (χ4v) is 15.8. The topological polar surface area (TPSA) is 63.9 Å². The van der Waals surface area contributed by atoms with Crippen LogP contribution in [-0.4, -0.2) is 15.8 Å². The van der Waals surface area contributed by atoms with Crippen molar-refractivity contribution in [2.24, 2.45) is 0 Å². The van der Waals surface area contributed by atoms with Gasteiger partial charge in [-0.2, -0.15) is 10.5 Å².